The first-order valence-electron chi connectivity index (χ1n) is 7.51. The summed E-state index contributed by atoms with van der Waals surface area (Å²) in [4.78, 5) is 0. The summed E-state index contributed by atoms with van der Waals surface area (Å²) in [5.74, 6) is 0.992. The Morgan fingerprint density at radius 1 is 0.857 bits per heavy atom. The highest BCUT2D eigenvalue weighted by Gasteiger charge is 1.99. The van der Waals surface area contributed by atoms with Gasteiger partial charge in [0.05, 0.1) is 0 Å². The highest BCUT2D eigenvalue weighted by atomic mass is 32.1. The van der Waals surface area contributed by atoms with E-state index in [0.717, 1.165) is 12.3 Å². The zero-order valence-electron chi connectivity index (χ0n) is 12.7. The topological polar surface area (TPSA) is 7.76 Å². The maximum atomic E-state index is 4.24. The van der Waals surface area contributed by atoms with Crippen LogP contribution in [0.5, 0.6) is 0 Å². The molecule has 0 aliphatic carbocycles. The number of unbranched alkanes of at least 4 members (excludes halogenated alkanes) is 2. The van der Waals surface area contributed by atoms with Crippen LogP contribution in [0.2, 0.25) is 0 Å². The van der Waals surface area contributed by atoms with E-state index in [1.165, 1.54) is 30.4 Å². The Balaban J connectivity index is 1.88. The number of rotatable bonds is 7. The van der Waals surface area contributed by atoms with E-state index < -0.39 is 0 Å². The lowest BCUT2D eigenvalue weighted by Crippen LogP contribution is -2.32. The van der Waals surface area contributed by atoms with Crippen molar-refractivity contribution in [2.24, 2.45) is 7.05 Å². The number of hydrogen-bond acceptors (Lipinski definition) is 1. The predicted octanol–water partition coefficient (Wildman–Crippen LogP) is 3.07. The minimum atomic E-state index is 0.992. The first-order chi connectivity index (χ1) is 10.3. The van der Waals surface area contributed by atoms with Crippen LogP contribution in [0.4, 0.5) is 0 Å². The summed E-state index contributed by atoms with van der Waals surface area (Å²) in [7, 11) is 2.03. The smallest absolute Gasteiger partial charge is 0.169 e. The molecule has 110 valence electrons. The molecule has 0 saturated carbocycles. The maximum Gasteiger partial charge on any atom is 0.169 e. The Labute approximate surface area is 133 Å². The monoisotopic (exact) mass is 300 g/mol. The second kappa shape index (κ2) is 8.63. The zero-order valence-corrected chi connectivity index (χ0v) is 13.5. The average molecular weight is 300 g/mol. The molecule has 0 atom stereocenters. The van der Waals surface area contributed by atoms with Crippen LogP contribution < -0.4 is 9.13 Å². The van der Waals surface area contributed by atoms with Crippen LogP contribution in [0.15, 0.2) is 49.1 Å². The van der Waals surface area contributed by atoms with Crippen molar-refractivity contribution < 1.29 is 9.13 Å². The third kappa shape index (κ3) is 5.72. The van der Waals surface area contributed by atoms with E-state index in [2.05, 4.69) is 78.4 Å². The fourth-order valence-electron chi connectivity index (χ4n) is 2.13. The minimum absolute atomic E-state index is 0.992. The summed E-state index contributed by atoms with van der Waals surface area (Å²) in [6.07, 6.45) is 16.4. The number of aryl methyl sites for hydroxylation is 2. The molecule has 0 amide bonds. The van der Waals surface area contributed by atoms with Crippen LogP contribution in [0.3, 0.4) is 0 Å². The molecule has 0 saturated heterocycles. The van der Waals surface area contributed by atoms with Gasteiger partial charge in [-0.25, -0.2) is 9.13 Å². The van der Waals surface area contributed by atoms with Crippen molar-refractivity contribution in [2.75, 3.05) is 5.75 Å². The average Bonchev–Trinajstić information content (AvgIpc) is 2.52. The lowest BCUT2D eigenvalue weighted by atomic mass is 10.2. The minimum Gasteiger partial charge on any atom is -0.208 e. The van der Waals surface area contributed by atoms with Gasteiger partial charge in [-0.15, -0.1) is 0 Å². The molecular formula is C18H24N2S+2. The lowest BCUT2D eigenvalue weighted by molar-refractivity contribution is -0.697. The standard InChI is InChI=1S/C18H23N2S/c1-19-12-7-17(8-13-19)5-6-18-9-14-20(15-10-18)11-3-2-4-16-21/h5-10,12-15H,2-4,11,16H2,1H3/q+1/p+1/b6-5+. The van der Waals surface area contributed by atoms with Crippen LogP contribution in [0.1, 0.15) is 30.4 Å². The molecule has 2 aromatic heterocycles. The molecule has 0 aliphatic rings. The highest BCUT2D eigenvalue weighted by molar-refractivity contribution is 7.80. The van der Waals surface area contributed by atoms with E-state index in [-0.39, 0.29) is 0 Å². The molecule has 2 rings (SSSR count). The summed E-state index contributed by atoms with van der Waals surface area (Å²) in [5.41, 5.74) is 2.45. The Hall–Kier alpha value is -1.61. The molecule has 2 heterocycles. The van der Waals surface area contributed by atoms with E-state index in [1.807, 2.05) is 11.6 Å². The molecule has 2 aromatic rings. The molecule has 0 aliphatic heterocycles. The Morgan fingerprint density at radius 2 is 1.43 bits per heavy atom. The molecule has 0 bridgehead atoms. The number of pyridine rings is 2. The molecule has 0 aromatic carbocycles. The van der Waals surface area contributed by atoms with E-state index in [0.29, 0.717) is 0 Å². The molecule has 0 unspecified atom stereocenters. The predicted molar refractivity (Wildman–Crippen MR) is 90.9 cm³/mol. The molecule has 0 radical (unpaired) electrons. The van der Waals surface area contributed by atoms with Gasteiger partial charge in [-0.05, 0) is 29.7 Å². The van der Waals surface area contributed by atoms with Crippen LogP contribution in [0, 0.1) is 0 Å². The van der Waals surface area contributed by atoms with Crippen molar-refractivity contribution >= 4 is 24.8 Å². The molecule has 3 heteroatoms. The van der Waals surface area contributed by atoms with Gasteiger partial charge >= 0.3 is 0 Å². The largest absolute Gasteiger partial charge is 0.208 e. The first-order valence-corrected chi connectivity index (χ1v) is 8.14. The number of thiol groups is 1. The van der Waals surface area contributed by atoms with Gasteiger partial charge in [-0.1, -0.05) is 12.2 Å². The SMILES string of the molecule is C[n+]1ccc(/C=C/c2cc[n+](CCCCCS)cc2)cc1. The van der Waals surface area contributed by atoms with Crippen molar-refractivity contribution in [1.29, 1.82) is 0 Å². The van der Waals surface area contributed by atoms with E-state index >= 15 is 0 Å². The zero-order chi connectivity index (χ0) is 14.9. The lowest BCUT2D eigenvalue weighted by Gasteiger charge is -1.98. The maximum absolute atomic E-state index is 4.24. The molecule has 0 spiro atoms. The first kappa shape index (κ1) is 15.8. The van der Waals surface area contributed by atoms with Gasteiger partial charge < -0.3 is 0 Å². The quantitative estimate of drug-likeness (QED) is 0.457. The number of hydrogen-bond donors (Lipinski definition) is 1. The summed E-state index contributed by atoms with van der Waals surface area (Å²) in [6, 6.07) is 8.55. The van der Waals surface area contributed by atoms with Crippen LogP contribution in [-0.2, 0) is 13.6 Å². The second-order valence-corrected chi connectivity index (χ2v) is 5.73. The van der Waals surface area contributed by atoms with Gasteiger partial charge in [0.25, 0.3) is 0 Å². The summed E-state index contributed by atoms with van der Waals surface area (Å²) in [5, 5.41) is 0. The number of aromatic nitrogens is 2. The summed E-state index contributed by atoms with van der Waals surface area (Å²) >= 11 is 4.24. The Bertz CT molecular complexity index is 559. The van der Waals surface area contributed by atoms with Crippen LogP contribution >= 0.6 is 12.6 Å². The number of nitrogens with zero attached hydrogens (tertiary/aromatic N) is 2. The van der Waals surface area contributed by atoms with Crippen LogP contribution in [-0.4, -0.2) is 5.75 Å². The van der Waals surface area contributed by atoms with Gasteiger partial charge in [-0.3, -0.25) is 0 Å². The fourth-order valence-corrected chi connectivity index (χ4v) is 2.35. The van der Waals surface area contributed by atoms with Crippen molar-refractivity contribution in [3.05, 3.63) is 60.2 Å². The molecule has 21 heavy (non-hydrogen) atoms. The Morgan fingerprint density at radius 3 is 2.00 bits per heavy atom. The van der Waals surface area contributed by atoms with Gasteiger partial charge in [0.1, 0.15) is 13.6 Å². The fraction of sp³-hybridized carbons (Fsp3) is 0.333. The van der Waals surface area contributed by atoms with Gasteiger partial charge in [0.2, 0.25) is 0 Å². The van der Waals surface area contributed by atoms with Crippen molar-refractivity contribution in [3.63, 3.8) is 0 Å². The molecule has 2 nitrogen and oxygen atoms in total. The van der Waals surface area contributed by atoms with E-state index in [9.17, 15) is 0 Å². The normalized spacial score (nSPS) is 11.1. The molecule has 0 fully saturated rings. The summed E-state index contributed by atoms with van der Waals surface area (Å²) < 4.78 is 4.29. The third-order valence-corrected chi connectivity index (χ3v) is 3.78. The van der Waals surface area contributed by atoms with Gasteiger partial charge in [-0.2, -0.15) is 12.6 Å². The van der Waals surface area contributed by atoms with Crippen molar-refractivity contribution in [2.45, 2.75) is 25.8 Å². The molecular weight excluding hydrogens is 276 g/mol. The third-order valence-electron chi connectivity index (χ3n) is 3.46. The second-order valence-electron chi connectivity index (χ2n) is 5.28. The summed E-state index contributed by atoms with van der Waals surface area (Å²) in [6.45, 7) is 1.09. The van der Waals surface area contributed by atoms with Gasteiger partial charge in [0, 0.05) is 30.7 Å². The molecule has 0 N–H and O–H groups in total. The van der Waals surface area contributed by atoms with E-state index in [4.69, 9.17) is 0 Å². The van der Waals surface area contributed by atoms with Crippen molar-refractivity contribution in [3.8, 4) is 0 Å². The highest BCUT2D eigenvalue weighted by Crippen LogP contribution is 2.05. The Kier molecular flexibility index (Phi) is 6.48. The van der Waals surface area contributed by atoms with Crippen molar-refractivity contribution in [1.82, 2.24) is 0 Å². The van der Waals surface area contributed by atoms with Crippen LogP contribution in [0.25, 0.3) is 12.2 Å². The van der Waals surface area contributed by atoms with E-state index in [1.54, 1.807) is 0 Å². The van der Waals surface area contributed by atoms with Gasteiger partial charge in [0.15, 0.2) is 24.8 Å².